The molecular formula is C17H9ClF3NO3. The Morgan fingerprint density at radius 3 is 2.36 bits per heavy atom. The third-order valence-electron chi connectivity index (χ3n) is 3.55. The Morgan fingerprint density at radius 1 is 1.00 bits per heavy atom. The molecule has 0 aliphatic carbocycles. The highest BCUT2D eigenvalue weighted by atomic mass is 35.5. The summed E-state index contributed by atoms with van der Waals surface area (Å²) in [5, 5.41) is 0.239. The number of ether oxygens (including phenoxy) is 1. The first-order chi connectivity index (χ1) is 11.7. The summed E-state index contributed by atoms with van der Waals surface area (Å²) in [6.07, 6.45) is -4.53. The van der Waals surface area contributed by atoms with Crippen molar-refractivity contribution in [1.29, 1.82) is 0 Å². The molecule has 0 saturated heterocycles. The normalized spacial score (nSPS) is 11.7. The summed E-state index contributed by atoms with van der Waals surface area (Å²) >= 11 is 5.90. The molecule has 4 nitrogen and oxygen atoms in total. The highest BCUT2D eigenvalue weighted by Crippen LogP contribution is 2.38. The lowest BCUT2D eigenvalue weighted by Crippen LogP contribution is -2.35. The van der Waals surface area contributed by atoms with Crippen LogP contribution in [0.5, 0.6) is 11.5 Å². The van der Waals surface area contributed by atoms with E-state index in [0.717, 1.165) is 12.1 Å². The first-order valence-electron chi connectivity index (χ1n) is 6.92. The van der Waals surface area contributed by atoms with Crippen molar-refractivity contribution in [3.05, 3.63) is 73.5 Å². The number of alkyl halides is 3. The van der Waals surface area contributed by atoms with E-state index in [0.29, 0.717) is 0 Å². The van der Waals surface area contributed by atoms with Gasteiger partial charge in [-0.15, -0.1) is 0 Å². The minimum atomic E-state index is -4.53. The van der Waals surface area contributed by atoms with E-state index in [4.69, 9.17) is 22.1 Å². The summed E-state index contributed by atoms with van der Waals surface area (Å²) in [4.78, 5) is 23.0. The van der Waals surface area contributed by atoms with Crippen molar-refractivity contribution in [2.75, 3.05) is 5.73 Å². The van der Waals surface area contributed by atoms with Crippen molar-refractivity contribution >= 4 is 17.3 Å². The zero-order chi connectivity index (χ0) is 18.4. The standard InChI is InChI=1S/C17H9ClF3NO3/c18-9-4-5-11(13-14(22)16(24)15(13)23)12(7-9)25-10-3-1-2-8(6-10)17(19,20)21/h1-7H,22H2. The van der Waals surface area contributed by atoms with Crippen LogP contribution in [-0.4, -0.2) is 0 Å². The molecule has 2 N–H and O–H groups in total. The van der Waals surface area contributed by atoms with Gasteiger partial charge in [-0.05, 0) is 30.3 Å². The lowest BCUT2D eigenvalue weighted by atomic mass is 9.98. The summed E-state index contributed by atoms with van der Waals surface area (Å²) in [6, 6.07) is 8.42. The number of nitrogen functional groups attached to an aromatic ring is 1. The second-order valence-electron chi connectivity index (χ2n) is 5.22. The van der Waals surface area contributed by atoms with E-state index in [1.54, 1.807) is 0 Å². The molecule has 3 rings (SSSR count). The number of nitrogens with two attached hydrogens (primary N) is 1. The van der Waals surface area contributed by atoms with Crippen LogP contribution in [0.15, 0.2) is 52.1 Å². The quantitative estimate of drug-likeness (QED) is 0.710. The van der Waals surface area contributed by atoms with Gasteiger partial charge in [-0.1, -0.05) is 17.7 Å². The Balaban J connectivity index is 2.06. The van der Waals surface area contributed by atoms with Crippen LogP contribution < -0.4 is 21.3 Å². The molecular weight excluding hydrogens is 359 g/mol. The van der Waals surface area contributed by atoms with E-state index in [-0.39, 0.29) is 33.3 Å². The van der Waals surface area contributed by atoms with Gasteiger partial charge in [0.25, 0.3) is 0 Å². The molecule has 0 radical (unpaired) electrons. The van der Waals surface area contributed by atoms with Crippen molar-refractivity contribution < 1.29 is 17.9 Å². The van der Waals surface area contributed by atoms with Gasteiger partial charge >= 0.3 is 6.18 Å². The van der Waals surface area contributed by atoms with E-state index < -0.39 is 22.6 Å². The highest BCUT2D eigenvalue weighted by Gasteiger charge is 2.31. The fourth-order valence-corrected chi connectivity index (χ4v) is 2.49. The highest BCUT2D eigenvalue weighted by molar-refractivity contribution is 6.30. The topological polar surface area (TPSA) is 69.4 Å². The van der Waals surface area contributed by atoms with Crippen molar-refractivity contribution in [2.45, 2.75) is 6.18 Å². The van der Waals surface area contributed by atoms with Crippen molar-refractivity contribution in [3.63, 3.8) is 0 Å². The van der Waals surface area contributed by atoms with Gasteiger partial charge in [0.2, 0.25) is 10.9 Å². The molecule has 3 aromatic rings. The van der Waals surface area contributed by atoms with Gasteiger partial charge in [0.1, 0.15) is 11.5 Å². The van der Waals surface area contributed by atoms with Crippen molar-refractivity contribution in [2.24, 2.45) is 0 Å². The van der Waals surface area contributed by atoms with Gasteiger partial charge in [-0.3, -0.25) is 9.59 Å². The number of hydrogen-bond acceptors (Lipinski definition) is 4. The summed E-state index contributed by atoms with van der Waals surface area (Å²) in [7, 11) is 0. The fourth-order valence-electron chi connectivity index (χ4n) is 2.33. The Morgan fingerprint density at radius 2 is 1.72 bits per heavy atom. The maximum atomic E-state index is 12.8. The van der Waals surface area contributed by atoms with Crippen LogP contribution in [0.2, 0.25) is 5.02 Å². The molecule has 0 aromatic heterocycles. The van der Waals surface area contributed by atoms with Crippen LogP contribution in [0.25, 0.3) is 11.1 Å². The van der Waals surface area contributed by atoms with E-state index in [1.807, 2.05) is 0 Å². The Bertz CT molecular complexity index is 1040. The molecule has 0 bridgehead atoms. The molecule has 0 spiro atoms. The van der Waals surface area contributed by atoms with Crippen LogP contribution in [0.3, 0.4) is 0 Å². The van der Waals surface area contributed by atoms with Crippen LogP contribution >= 0.6 is 11.6 Å². The maximum absolute atomic E-state index is 12.8. The Kier molecular flexibility index (Phi) is 4.04. The lowest BCUT2D eigenvalue weighted by molar-refractivity contribution is -0.137. The lowest BCUT2D eigenvalue weighted by Gasteiger charge is -2.15. The van der Waals surface area contributed by atoms with Crippen molar-refractivity contribution in [1.82, 2.24) is 0 Å². The molecule has 128 valence electrons. The monoisotopic (exact) mass is 367 g/mol. The molecule has 0 heterocycles. The van der Waals surface area contributed by atoms with Crippen LogP contribution in [0.4, 0.5) is 18.9 Å². The first kappa shape index (κ1) is 17.0. The van der Waals surface area contributed by atoms with Crippen LogP contribution in [0.1, 0.15) is 5.56 Å². The van der Waals surface area contributed by atoms with Gasteiger partial charge < -0.3 is 10.5 Å². The number of rotatable bonds is 3. The third kappa shape index (κ3) is 3.10. The molecule has 0 aliphatic rings. The van der Waals surface area contributed by atoms with Gasteiger partial charge in [-0.25, -0.2) is 0 Å². The minimum Gasteiger partial charge on any atom is -0.457 e. The van der Waals surface area contributed by atoms with Gasteiger partial charge in [0, 0.05) is 16.7 Å². The largest absolute Gasteiger partial charge is 0.457 e. The van der Waals surface area contributed by atoms with E-state index >= 15 is 0 Å². The molecule has 3 aromatic carbocycles. The molecule has 0 atom stereocenters. The Hall–Kier alpha value is -2.80. The zero-order valence-electron chi connectivity index (χ0n) is 12.4. The van der Waals surface area contributed by atoms with E-state index in [2.05, 4.69) is 0 Å². The minimum absolute atomic E-state index is 0.0191. The summed E-state index contributed by atoms with van der Waals surface area (Å²) in [5.41, 5.74) is 2.99. The average Bonchev–Trinajstić information content (AvgIpc) is 2.56. The number of benzene rings is 2. The maximum Gasteiger partial charge on any atom is 0.416 e. The third-order valence-corrected chi connectivity index (χ3v) is 3.78. The predicted octanol–water partition coefficient (Wildman–Crippen LogP) is 4.00. The number of halogens is 4. The fraction of sp³-hybridized carbons (Fsp3) is 0.0588. The first-order valence-corrected chi connectivity index (χ1v) is 7.30. The molecule has 0 unspecified atom stereocenters. The smallest absolute Gasteiger partial charge is 0.416 e. The number of hydrogen-bond donors (Lipinski definition) is 1. The van der Waals surface area contributed by atoms with Gasteiger partial charge in [-0.2, -0.15) is 13.2 Å². The molecule has 0 fully saturated rings. The second kappa shape index (κ2) is 5.93. The van der Waals surface area contributed by atoms with Gasteiger partial charge in [0.05, 0.1) is 16.8 Å². The van der Waals surface area contributed by atoms with E-state index in [9.17, 15) is 22.8 Å². The molecule has 8 heteroatoms. The van der Waals surface area contributed by atoms with Gasteiger partial charge in [0.15, 0.2) is 0 Å². The summed E-state index contributed by atoms with van der Waals surface area (Å²) in [5.74, 6) is -0.0822. The molecule has 0 amide bonds. The SMILES string of the molecule is Nc1c(-c2ccc(Cl)cc2Oc2cccc(C(F)(F)F)c2)c(=O)c1=O. The predicted molar refractivity (Wildman–Crippen MR) is 87.7 cm³/mol. The molecule has 0 aliphatic heterocycles. The summed E-state index contributed by atoms with van der Waals surface area (Å²) in [6.45, 7) is 0. The second-order valence-corrected chi connectivity index (χ2v) is 5.65. The van der Waals surface area contributed by atoms with Crippen LogP contribution in [0, 0.1) is 0 Å². The van der Waals surface area contributed by atoms with E-state index in [1.165, 1.54) is 30.3 Å². The average molecular weight is 368 g/mol. The summed E-state index contributed by atoms with van der Waals surface area (Å²) < 4.78 is 43.9. The number of anilines is 1. The zero-order valence-corrected chi connectivity index (χ0v) is 13.1. The molecule has 25 heavy (non-hydrogen) atoms. The Labute approximate surface area is 143 Å². The van der Waals surface area contributed by atoms with Crippen molar-refractivity contribution in [3.8, 4) is 22.6 Å². The van der Waals surface area contributed by atoms with Crippen LogP contribution in [-0.2, 0) is 6.18 Å². The molecule has 0 saturated carbocycles.